The predicted molar refractivity (Wildman–Crippen MR) is 91.9 cm³/mol. The number of aryl methyl sites for hydroxylation is 1. The Balaban J connectivity index is 1.83. The van der Waals surface area contributed by atoms with Gasteiger partial charge in [0.25, 0.3) is 0 Å². The van der Waals surface area contributed by atoms with E-state index in [9.17, 15) is 5.11 Å². The SMILES string of the molecule is Cc1ccc(-c2ccc(C=Nc3ccc(O)cc3)o2)c(Br)c1. The minimum Gasteiger partial charge on any atom is -0.508 e. The monoisotopic (exact) mass is 355 g/mol. The molecule has 0 fully saturated rings. The molecule has 0 saturated carbocycles. The van der Waals surface area contributed by atoms with Crippen LogP contribution in [0.2, 0.25) is 0 Å². The van der Waals surface area contributed by atoms with Gasteiger partial charge in [0.1, 0.15) is 17.3 Å². The van der Waals surface area contributed by atoms with Crippen molar-refractivity contribution >= 4 is 27.8 Å². The van der Waals surface area contributed by atoms with Gasteiger partial charge in [0.2, 0.25) is 0 Å². The maximum atomic E-state index is 9.24. The van der Waals surface area contributed by atoms with Crippen LogP contribution in [0.1, 0.15) is 11.3 Å². The lowest BCUT2D eigenvalue weighted by Crippen LogP contribution is -1.79. The van der Waals surface area contributed by atoms with Crippen LogP contribution in [0.4, 0.5) is 5.69 Å². The van der Waals surface area contributed by atoms with Crippen LogP contribution in [0.3, 0.4) is 0 Å². The Morgan fingerprint density at radius 1 is 1.05 bits per heavy atom. The molecular weight excluding hydrogens is 342 g/mol. The van der Waals surface area contributed by atoms with Gasteiger partial charge in [-0.2, -0.15) is 0 Å². The first-order valence-corrected chi connectivity index (χ1v) is 7.60. The summed E-state index contributed by atoms with van der Waals surface area (Å²) in [6, 6.07) is 16.6. The molecule has 0 unspecified atom stereocenters. The Morgan fingerprint density at radius 2 is 1.82 bits per heavy atom. The lowest BCUT2D eigenvalue weighted by Gasteiger charge is -2.01. The van der Waals surface area contributed by atoms with Gasteiger partial charge < -0.3 is 9.52 Å². The molecule has 0 radical (unpaired) electrons. The van der Waals surface area contributed by atoms with E-state index in [2.05, 4.69) is 27.0 Å². The fraction of sp³-hybridized carbons (Fsp3) is 0.0556. The summed E-state index contributed by atoms with van der Waals surface area (Å²) in [5, 5.41) is 9.24. The minimum atomic E-state index is 0.225. The second-order valence-corrected chi connectivity index (χ2v) is 5.81. The van der Waals surface area contributed by atoms with Crippen LogP contribution in [-0.4, -0.2) is 11.3 Å². The van der Waals surface area contributed by atoms with E-state index >= 15 is 0 Å². The van der Waals surface area contributed by atoms with E-state index in [0.29, 0.717) is 5.76 Å². The van der Waals surface area contributed by atoms with E-state index in [1.807, 2.05) is 31.2 Å². The molecule has 0 aliphatic carbocycles. The van der Waals surface area contributed by atoms with E-state index in [4.69, 9.17) is 4.42 Å². The van der Waals surface area contributed by atoms with Crippen LogP contribution in [0.15, 0.2) is 68.5 Å². The van der Waals surface area contributed by atoms with Crippen LogP contribution >= 0.6 is 15.9 Å². The molecule has 1 heterocycles. The molecule has 0 aliphatic heterocycles. The zero-order valence-electron chi connectivity index (χ0n) is 12.0. The van der Waals surface area contributed by atoms with Crippen molar-refractivity contribution in [3.05, 3.63) is 70.4 Å². The lowest BCUT2D eigenvalue weighted by molar-refractivity contribution is 0.475. The molecule has 0 atom stereocenters. The Labute approximate surface area is 137 Å². The van der Waals surface area contributed by atoms with Gasteiger partial charge in [-0.15, -0.1) is 0 Å². The standard InChI is InChI=1S/C18H14BrNO2/c1-12-2-8-16(17(19)10-12)18-9-7-15(22-18)11-20-13-3-5-14(21)6-4-13/h2-11,21H,1H3. The number of halogens is 1. The molecule has 3 nitrogen and oxygen atoms in total. The molecule has 3 rings (SSSR count). The molecule has 2 aromatic carbocycles. The van der Waals surface area contributed by atoms with E-state index in [0.717, 1.165) is 21.5 Å². The van der Waals surface area contributed by atoms with Gasteiger partial charge >= 0.3 is 0 Å². The van der Waals surface area contributed by atoms with Crippen molar-refractivity contribution in [2.75, 3.05) is 0 Å². The van der Waals surface area contributed by atoms with Gasteiger partial charge in [-0.3, -0.25) is 4.99 Å². The Morgan fingerprint density at radius 3 is 2.55 bits per heavy atom. The summed E-state index contributed by atoms with van der Waals surface area (Å²) in [6.45, 7) is 2.05. The summed E-state index contributed by atoms with van der Waals surface area (Å²) in [5.41, 5.74) is 2.96. The maximum absolute atomic E-state index is 9.24. The molecule has 22 heavy (non-hydrogen) atoms. The zero-order chi connectivity index (χ0) is 15.5. The number of phenols is 1. The highest BCUT2D eigenvalue weighted by molar-refractivity contribution is 9.10. The van der Waals surface area contributed by atoms with Crippen molar-refractivity contribution in [1.82, 2.24) is 0 Å². The number of nitrogens with zero attached hydrogens (tertiary/aromatic N) is 1. The summed E-state index contributed by atoms with van der Waals surface area (Å²) < 4.78 is 6.81. The first-order valence-electron chi connectivity index (χ1n) is 6.81. The van der Waals surface area contributed by atoms with Gasteiger partial charge in [0.05, 0.1) is 11.9 Å². The molecular formula is C18H14BrNO2. The van der Waals surface area contributed by atoms with Gasteiger partial charge in [0, 0.05) is 10.0 Å². The van der Waals surface area contributed by atoms with E-state index in [1.165, 1.54) is 5.56 Å². The number of furan rings is 1. The molecule has 0 bridgehead atoms. The highest BCUT2D eigenvalue weighted by Crippen LogP contribution is 2.30. The van der Waals surface area contributed by atoms with Gasteiger partial charge in [-0.05, 0) is 61.0 Å². The number of hydrogen-bond acceptors (Lipinski definition) is 3. The largest absolute Gasteiger partial charge is 0.508 e. The topological polar surface area (TPSA) is 45.7 Å². The average Bonchev–Trinajstić information content (AvgIpc) is 2.95. The van der Waals surface area contributed by atoms with Crippen LogP contribution in [0.5, 0.6) is 5.75 Å². The van der Waals surface area contributed by atoms with Crippen molar-refractivity contribution in [3.63, 3.8) is 0 Å². The third-order valence-electron chi connectivity index (χ3n) is 3.21. The Kier molecular flexibility index (Phi) is 4.11. The fourth-order valence-corrected chi connectivity index (χ4v) is 2.75. The third kappa shape index (κ3) is 3.28. The van der Waals surface area contributed by atoms with Crippen LogP contribution in [-0.2, 0) is 0 Å². The highest BCUT2D eigenvalue weighted by atomic mass is 79.9. The van der Waals surface area contributed by atoms with Gasteiger partial charge in [-0.25, -0.2) is 0 Å². The summed E-state index contributed by atoms with van der Waals surface area (Å²) in [5.74, 6) is 1.69. The van der Waals surface area contributed by atoms with Crippen molar-refractivity contribution in [2.45, 2.75) is 6.92 Å². The molecule has 0 aliphatic rings. The molecule has 110 valence electrons. The first kappa shape index (κ1) is 14.6. The lowest BCUT2D eigenvalue weighted by atomic mass is 10.1. The van der Waals surface area contributed by atoms with E-state index in [-0.39, 0.29) is 5.75 Å². The summed E-state index contributed by atoms with van der Waals surface area (Å²) >= 11 is 3.56. The minimum absolute atomic E-state index is 0.225. The highest BCUT2D eigenvalue weighted by Gasteiger charge is 2.07. The van der Waals surface area contributed by atoms with Crippen molar-refractivity contribution in [2.24, 2.45) is 4.99 Å². The van der Waals surface area contributed by atoms with Crippen molar-refractivity contribution in [1.29, 1.82) is 0 Å². The zero-order valence-corrected chi connectivity index (χ0v) is 13.5. The number of aliphatic imine (C=N–C) groups is 1. The first-order chi connectivity index (χ1) is 10.6. The molecule has 4 heteroatoms. The molecule has 0 amide bonds. The number of benzene rings is 2. The normalized spacial score (nSPS) is 11.2. The predicted octanol–water partition coefficient (Wildman–Crippen LogP) is 5.47. The number of aromatic hydroxyl groups is 1. The van der Waals surface area contributed by atoms with Crippen molar-refractivity contribution in [3.8, 4) is 17.1 Å². The maximum Gasteiger partial charge on any atom is 0.145 e. The molecule has 1 aromatic heterocycles. The van der Waals surface area contributed by atoms with E-state index in [1.54, 1.807) is 30.5 Å². The molecule has 3 aromatic rings. The van der Waals surface area contributed by atoms with Gasteiger partial charge in [0.15, 0.2) is 0 Å². The van der Waals surface area contributed by atoms with Crippen molar-refractivity contribution < 1.29 is 9.52 Å². The van der Waals surface area contributed by atoms with E-state index < -0.39 is 0 Å². The molecule has 0 saturated heterocycles. The molecule has 1 N–H and O–H groups in total. The smallest absolute Gasteiger partial charge is 0.145 e. The number of rotatable bonds is 3. The summed E-state index contributed by atoms with van der Waals surface area (Å²) in [4.78, 5) is 4.32. The Bertz CT molecular complexity index is 819. The number of phenolic OH excluding ortho intramolecular Hbond substituents is 1. The molecule has 0 spiro atoms. The van der Waals surface area contributed by atoms with Crippen LogP contribution in [0.25, 0.3) is 11.3 Å². The quantitative estimate of drug-likeness (QED) is 0.632. The van der Waals surface area contributed by atoms with Crippen LogP contribution in [0, 0.1) is 6.92 Å². The summed E-state index contributed by atoms with van der Waals surface area (Å²) in [6.07, 6.45) is 1.66. The Hall–Kier alpha value is -2.33. The average molecular weight is 356 g/mol. The summed E-state index contributed by atoms with van der Waals surface area (Å²) in [7, 11) is 0. The third-order valence-corrected chi connectivity index (χ3v) is 3.86. The second kappa shape index (κ2) is 6.20. The van der Waals surface area contributed by atoms with Gasteiger partial charge in [-0.1, -0.05) is 22.0 Å². The van der Waals surface area contributed by atoms with Crippen LogP contribution < -0.4 is 0 Å². The second-order valence-electron chi connectivity index (χ2n) is 4.96. The fourth-order valence-electron chi connectivity index (χ4n) is 2.06. The number of hydrogen-bond donors (Lipinski definition) is 1.